The van der Waals surface area contributed by atoms with Crippen LogP contribution in [0.5, 0.6) is 0 Å². The van der Waals surface area contributed by atoms with E-state index >= 15 is 0 Å². The summed E-state index contributed by atoms with van der Waals surface area (Å²) < 4.78 is 0. The number of carbonyl (C=O) groups excluding carboxylic acids is 1. The molecule has 1 fully saturated rings. The van der Waals surface area contributed by atoms with Crippen molar-refractivity contribution >= 4 is 35.1 Å². The van der Waals surface area contributed by atoms with E-state index in [2.05, 4.69) is 4.98 Å². The van der Waals surface area contributed by atoms with Crippen molar-refractivity contribution in [3.63, 3.8) is 0 Å². The summed E-state index contributed by atoms with van der Waals surface area (Å²) in [5.41, 5.74) is 1.65. The van der Waals surface area contributed by atoms with E-state index in [9.17, 15) is 14.9 Å². The third-order valence-electron chi connectivity index (χ3n) is 4.43. The molecule has 1 aromatic carbocycles. The molecular weight excluding hydrogens is 368 g/mol. The maximum absolute atomic E-state index is 12.4. The average Bonchev–Trinajstić information content (AvgIpc) is 2.67. The van der Waals surface area contributed by atoms with Gasteiger partial charge in [0.25, 0.3) is 5.69 Å². The van der Waals surface area contributed by atoms with Crippen LogP contribution in [0.1, 0.15) is 11.1 Å². The van der Waals surface area contributed by atoms with Crippen LogP contribution < -0.4 is 4.90 Å². The lowest BCUT2D eigenvalue weighted by atomic mass is 10.2. The lowest BCUT2D eigenvalue weighted by Crippen LogP contribution is -2.48. The molecule has 0 atom stereocenters. The number of pyridine rings is 1. The van der Waals surface area contributed by atoms with Gasteiger partial charge >= 0.3 is 0 Å². The first-order valence-electron chi connectivity index (χ1n) is 8.52. The van der Waals surface area contributed by atoms with Crippen LogP contribution in [0.3, 0.4) is 0 Å². The number of piperazine rings is 1. The normalized spacial score (nSPS) is 14.6. The number of rotatable bonds is 4. The van der Waals surface area contributed by atoms with Gasteiger partial charge in [0.1, 0.15) is 12.0 Å². The number of aryl methyl sites for hydroxylation is 1. The number of amides is 1. The SMILES string of the molecule is Cc1cc([N+](=O)[O-])cnc1N1CCN(C(=O)/C=C/c2ccc(Cl)cc2)CC1. The van der Waals surface area contributed by atoms with Crippen LogP contribution in [0.15, 0.2) is 42.6 Å². The van der Waals surface area contributed by atoms with Crippen LogP contribution in [0, 0.1) is 17.0 Å². The number of carbonyl (C=O) groups is 1. The standard InChI is InChI=1S/C19H19ClN4O3/c1-14-12-17(24(26)27)13-21-19(14)23-10-8-22(9-11-23)18(25)7-4-15-2-5-16(20)6-3-15/h2-7,12-13H,8-11H2,1H3/b7-4+. The molecule has 27 heavy (non-hydrogen) atoms. The largest absolute Gasteiger partial charge is 0.353 e. The molecule has 1 amide bonds. The second kappa shape index (κ2) is 8.18. The highest BCUT2D eigenvalue weighted by atomic mass is 35.5. The summed E-state index contributed by atoms with van der Waals surface area (Å²) in [4.78, 5) is 30.8. The monoisotopic (exact) mass is 386 g/mol. The highest BCUT2D eigenvalue weighted by Gasteiger charge is 2.22. The summed E-state index contributed by atoms with van der Waals surface area (Å²) in [6.07, 6.45) is 4.61. The number of nitrogens with zero attached hydrogens (tertiary/aromatic N) is 4. The molecule has 1 aromatic heterocycles. The summed E-state index contributed by atoms with van der Waals surface area (Å²) in [5.74, 6) is 0.683. The van der Waals surface area contributed by atoms with E-state index < -0.39 is 4.92 Å². The topological polar surface area (TPSA) is 79.6 Å². The van der Waals surface area contributed by atoms with Gasteiger partial charge in [-0.25, -0.2) is 4.98 Å². The molecule has 0 unspecified atom stereocenters. The summed E-state index contributed by atoms with van der Waals surface area (Å²) in [6, 6.07) is 8.79. The van der Waals surface area contributed by atoms with E-state index in [-0.39, 0.29) is 11.6 Å². The molecule has 2 aromatic rings. The van der Waals surface area contributed by atoms with Gasteiger partial charge in [-0.15, -0.1) is 0 Å². The second-order valence-corrected chi connectivity index (χ2v) is 6.72. The smallest absolute Gasteiger partial charge is 0.287 e. The van der Waals surface area contributed by atoms with Gasteiger partial charge in [-0.1, -0.05) is 23.7 Å². The van der Waals surface area contributed by atoms with E-state index in [0.717, 1.165) is 16.9 Å². The molecule has 0 saturated carbocycles. The number of aromatic nitrogens is 1. The molecule has 2 heterocycles. The lowest BCUT2D eigenvalue weighted by Gasteiger charge is -2.35. The van der Waals surface area contributed by atoms with Gasteiger partial charge in [0, 0.05) is 43.3 Å². The second-order valence-electron chi connectivity index (χ2n) is 6.29. The van der Waals surface area contributed by atoms with Crippen molar-refractivity contribution in [3.05, 3.63) is 68.9 Å². The Morgan fingerprint density at radius 2 is 1.89 bits per heavy atom. The van der Waals surface area contributed by atoms with Gasteiger partial charge in [0.05, 0.1) is 4.92 Å². The molecule has 1 aliphatic heterocycles. The minimum atomic E-state index is -0.451. The molecule has 3 rings (SSSR count). The van der Waals surface area contributed by atoms with E-state index in [0.29, 0.717) is 31.2 Å². The Bertz CT molecular complexity index is 875. The maximum Gasteiger partial charge on any atom is 0.287 e. The van der Waals surface area contributed by atoms with E-state index in [4.69, 9.17) is 11.6 Å². The van der Waals surface area contributed by atoms with E-state index in [1.165, 1.54) is 12.3 Å². The molecule has 1 aliphatic rings. The maximum atomic E-state index is 12.4. The van der Waals surface area contributed by atoms with E-state index in [1.807, 2.05) is 24.0 Å². The van der Waals surface area contributed by atoms with Gasteiger partial charge in [-0.05, 0) is 36.3 Å². The first kappa shape index (κ1) is 18.8. The number of anilines is 1. The fraction of sp³-hybridized carbons (Fsp3) is 0.263. The van der Waals surface area contributed by atoms with Crippen molar-refractivity contribution in [2.24, 2.45) is 0 Å². The van der Waals surface area contributed by atoms with Crippen molar-refractivity contribution in [2.45, 2.75) is 6.92 Å². The van der Waals surface area contributed by atoms with Crippen molar-refractivity contribution in [1.82, 2.24) is 9.88 Å². The average molecular weight is 387 g/mol. The Balaban J connectivity index is 1.59. The number of hydrogen-bond donors (Lipinski definition) is 0. The third-order valence-corrected chi connectivity index (χ3v) is 4.68. The highest BCUT2D eigenvalue weighted by Crippen LogP contribution is 2.22. The van der Waals surface area contributed by atoms with Crippen molar-refractivity contribution in [2.75, 3.05) is 31.1 Å². The molecule has 0 aliphatic carbocycles. The molecule has 1 saturated heterocycles. The summed E-state index contributed by atoms with van der Waals surface area (Å²) in [6.45, 7) is 4.21. The summed E-state index contributed by atoms with van der Waals surface area (Å²) in [7, 11) is 0. The summed E-state index contributed by atoms with van der Waals surface area (Å²) in [5, 5.41) is 11.5. The minimum Gasteiger partial charge on any atom is -0.353 e. The van der Waals surface area contributed by atoms with Crippen molar-refractivity contribution in [1.29, 1.82) is 0 Å². The molecule has 0 N–H and O–H groups in total. The van der Waals surface area contributed by atoms with Crippen LogP contribution >= 0.6 is 11.6 Å². The van der Waals surface area contributed by atoms with Gasteiger partial charge in [-0.2, -0.15) is 0 Å². The molecule has 8 heteroatoms. The number of benzene rings is 1. The molecular formula is C19H19ClN4O3. The van der Waals surface area contributed by atoms with E-state index in [1.54, 1.807) is 29.2 Å². The Hall–Kier alpha value is -2.93. The Kier molecular flexibility index (Phi) is 5.71. The predicted octanol–water partition coefficient (Wildman–Crippen LogP) is 3.31. The molecule has 0 spiro atoms. The van der Waals surface area contributed by atoms with Crippen LogP contribution in [-0.2, 0) is 4.79 Å². The number of nitro groups is 1. The van der Waals surface area contributed by atoms with Gasteiger partial charge in [0.15, 0.2) is 0 Å². The minimum absolute atomic E-state index is 0.0163. The van der Waals surface area contributed by atoms with Crippen LogP contribution in [0.2, 0.25) is 5.02 Å². The van der Waals surface area contributed by atoms with Crippen molar-refractivity contribution < 1.29 is 9.72 Å². The fourth-order valence-corrected chi connectivity index (χ4v) is 3.10. The Morgan fingerprint density at radius 1 is 1.22 bits per heavy atom. The van der Waals surface area contributed by atoms with Crippen LogP contribution in [0.25, 0.3) is 6.08 Å². The number of halogens is 1. The quantitative estimate of drug-likeness (QED) is 0.457. The van der Waals surface area contributed by atoms with Crippen molar-refractivity contribution in [3.8, 4) is 0 Å². The third kappa shape index (κ3) is 4.62. The Morgan fingerprint density at radius 3 is 2.48 bits per heavy atom. The fourth-order valence-electron chi connectivity index (χ4n) is 2.97. The van der Waals surface area contributed by atoms with Crippen LogP contribution in [0.4, 0.5) is 11.5 Å². The van der Waals surface area contributed by atoms with Crippen LogP contribution in [-0.4, -0.2) is 46.9 Å². The first-order valence-corrected chi connectivity index (χ1v) is 8.90. The molecule has 0 radical (unpaired) electrons. The van der Waals surface area contributed by atoms with Gasteiger partial charge in [-0.3, -0.25) is 14.9 Å². The zero-order valence-corrected chi connectivity index (χ0v) is 15.6. The first-order chi connectivity index (χ1) is 12.9. The lowest BCUT2D eigenvalue weighted by molar-refractivity contribution is -0.385. The highest BCUT2D eigenvalue weighted by molar-refractivity contribution is 6.30. The van der Waals surface area contributed by atoms with Gasteiger partial charge in [0.2, 0.25) is 5.91 Å². The Labute approximate surface area is 162 Å². The number of hydrogen-bond acceptors (Lipinski definition) is 5. The molecule has 0 bridgehead atoms. The summed E-state index contributed by atoms with van der Waals surface area (Å²) >= 11 is 5.85. The molecule has 140 valence electrons. The zero-order chi connectivity index (χ0) is 19.4. The zero-order valence-electron chi connectivity index (χ0n) is 14.8. The van der Waals surface area contributed by atoms with Gasteiger partial charge < -0.3 is 9.80 Å². The molecule has 7 nitrogen and oxygen atoms in total. The predicted molar refractivity (Wildman–Crippen MR) is 105 cm³/mol.